The third kappa shape index (κ3) is 18.4. The SMILES string of the molecule is CNc1c(-c2c3cc(OC)ccc3nn2C)cnc2c1C(C)=CC2.CNc1c(-c2cn(C)nc2C#N)cnc2c1C(Cl)=CC2.CNc1c(-c2cn(C3CCOCC3)nc2C2CC2)cnc2c1C(Cl)=CC2.CNc1c(-c2cn(C3CCOCC3)nc2OC)cnc2[nH]cc(C)c12.CNc1c(-c2nn(C)c3ccc(OC)cc23)cnc2c1C(Cl)=CC2.[C-]#[N+]c1ccc2c(c1)c(-c1cnc3c(c1NC)C(Cl)=CC3)nn2C. The number of anilines is 6. The summed E-state index contributed by atoms with van der Waals surface area (Å²) < 4.78 is 38.7. The lowest BCUT2D eigenvalue weighted by Crippen LogP contribution is -2.20. The number of H-pyrrole nitrogens is 1. The first-order chi connectivity index (χ1) is 69.5. The third-order valence-electron chi connectivity index (χ3n) is 27.4. The van der Waals surface area contributed by atoms with Gasteiger partial charge in [0.25, 0.3) is 0 Å². The number of fused-ring (bicyclic) bond motifs is 9. The fourth-order valence-electron chi connectivity index (χ4n) is 20.2. The Morgan fingerprint density at radius 3 is 1.39 bits per heavy atom. The van der Waals surface area contributed by atoms with Gasteiger partial charge in [-0.25, -0.2) is 9.83 Å². The highest BCUT2D eigenvalue weighted by molar-refractivity contribution is 6.51. The second-order valence-electron chi connectivity index (χ2n) is 35.8. The maximum absolute atomic E-state index is 9.20. The molecule has 0 spiro atoms. The standard InChI is InChI=1S/C20H23ClN4O.C19H20N4O.C18H14ClN5.C18H17ClN4O.C18H23N5O2.C14H12ClN5/c1-22-20-14(10-23-17-5-4-16(21)18(17)20)15-11-25(13-6-8-26-9-7-13)24-19(15)12-2-3-12;1-11-5-7-16-17(11)18(20-2)14(10-21-16)19-13-9-12(24-4)6-8-15(13)22-23(19)3;1-20-10-4-7-15-11(8-10)17(23-24(15)3)12-9-22-14-6-5-13(19)16(14)18(12)21-2;1-20-18-12(9-21-14-6-5-13(19)16(14)18)17-11-8-10(24-3)4-7-15(11)23(2)22-17;1-11-8-20-17-15(11)16(19-2)13(9-21-17)14-10-23(22-18(14)24-3)12-4-6-25-7-5-12;1-17-14-8(9-7-20(2)19-12(9)5-16)6-18-11-4-3-10(15)13(11)14/h4,10-13H,2-3,5-9H2,1H3,(H,22,23);5-6,8-10H,7H2,1-4H3,(H,20,21);4-5,7-9H,6H2,2-3H3,(H,21,22);4-5,7-9H,6H2,1-3H3,(H,20,21);8-10,12H,4-7H2,1-3H3,(H2,19,20,21);3,6-7H,4H2,1-2H3,(H,17,18). The molecule has 3 fully saturated rings. The van der Waals surface area contributed by atoms with Crippen LogP contribution in [0.25, 0.3) is 141 Å². The van der Waals surface area contributed by atoms with Gasteiger partial charge < -0.3 is 60.6 Å². The highest BCUT2D eigenvalue weighted by atomic mass is 35.5. The molecule has 0 bridgehead atoms. The number of halogens is 4. The van der Waals surface area contributed by atoms with Crippen LogP contribution in [0, 0.1) is 24.8 Å². The lowest BCUT2D eigenvalue weighted by Gasteiger charge is -2.22. The normalized spacial score (nSPS) is 14.7. The van der Waals surface area contributed by atoms with Gasteiger partial charge in [0.15, 0.2) is 11.4 Å². The van der Waals surface area contributed by atoms with E-state index < -0.39 is 0 Å². The number of rotatable bonds is 18. The Balaban J connectivity index is 0.000000109. The van der Waals surface area contributed by atoms with Crippen molar-refractivity contribution in [1.29, 1.82) is 5.26 Å². The van der Waals surface area contributed by atoms with Gasteiger partial charge in [0.1, 0.15) is 34.6 Å². The van der Waals surface area contributed by atoms with Gasteiger partial charge in [-0.2, -0.15) is 30.8 Å². The molecule has 3 aromatic carbocycles. The number of aryl methyl sites for hydroxylation is 5. The average molecular weight is 2000 g/mol. The molecule has 13 aromatic heterocycles. The van der Waals surface area contributed by atoms with Gasteiger partial charge in [0.05, 0.1) is 136 Å². The Kier molecular flexibility index (Phi) is 28.0. The molecule has 8 aliphatic rings. The Hall–Kier alpha value is -14.9. The molecule has 2 saturated heterocycles. The molecule has 0 radical (unpaired) electrons. The van der Waals surface area contributed by atoms with Crippen LogP contribution in [0.1, 0.15) is 137 Å². The zero-order valence-electron chi connectivity index (χ0n) is 82.2. The molecule has 0 amide bonds. The van der Waals surface area contributed by atoms with Crippen LogP contribution in [0.4, 0.5) is 39.8 Å². The first-order valence-electron chi connectivity index (χ1n) is 47.5. The zero-order valence-corrected chi connectivity index (χ0v) is 85.2. The molecule has 143 heavy (non-hydrogen) atoms. The summed E-state index contributed by atoms with van der Waals surface area (Å²) in [6.07, 6.45) is 39.9. The number of aromatic nitrogens is 19. The summed E-state index contributed by atoms with van der Waals surface area (Å²) in [4.78, 5) is 34.3. The lowest BCUT2D eigenvalue weighted by atomic mass is 10.0. The van der Waals surface area contributed by atoms with E-state index in [1.54, 1.807) is 45.3 Å². The van der Waals surface area contributed by atoms with E-state index in [4.69, 9.17) is 96.8 Å². The predicted octanol–water partition coefficient (Wildman–Crippen LogP) is 21.8. The van der Waals surface area contributed by atoms with Crippen LogP contribution in [0.2, 0.25) is 0 Å². The maximum Gasteiger partial charge on any atom is 0.240 e. The molecular formula is C107H109Cl4N27O5. The summed E-state index contributed by atoms with van der Waals surface area (Å²) in [6.45, 7) is 14.7. The van der Waals surface area contributed by atoms with E-state index >= 15 is 0 Å². The number of methoxy groups -OCH3 is 3. The van der Waals surface area contributed by atoms with Crippen LogP contribution in [0.3, 0.4) is 0 Å². The van der Waals surface area contributed by atoms with Gasteiger partial charge in [0.2, 0.25) is 5.88 Å². The number of nitriles is 1. The van der Waals surface area contributed by atoms with Gasteiger partial charge in [-0.15, -0.1) is 5.10 Å². The molecule has 2 aliphatic heterocycles. The van der Waals surface area contributed by atoms with Crippen molar-refractivity contribution in [3.05, 3.63) is 232 Å². The molecule has 24 rings (SSSR count). The van der Waals surface area contributed by atoms with Crippen molar-refractivity contribution in [1.82, 2.24) is 93.6 Å². The minimum absolute atomic E-state index is 0.347. The molecule has 7 N–H and O–H groups in total. The number of aromatic amines is 1. The lowest BCUT2D eigenvalue weighted by molar-refractivity contribution is 0.0659. The average Bonchev–Trinajstić information content (AvgIpc) is 1.63. The highest BCUT2D eigenvalue weighted by Gasteiger charge is 2.36. The molecule has 16 aromatic rings. The Labute approximate surface area is 847 Å². The minimum Gasteiger partial charge on any atom is -0.497 e. The summed E-state index contributed by atoms with van der Waals surface area (Å²) in [5.74, 6) is 2.83. The number of nitrogens with one attached hydrogen (secondary N) is 7. The number of hydrogen-bond donors (Lipinski definition) is 7. The summed E-state index contributed by atoms with van der Waals surface area (Å²) in [6, 6.07) is 20.4. The van der Waals surface area contributed by atoms with Gasteiger partial charge in [-0.05, 0) is 112 Å². The maximum atomic E-state index is 9.20. The van der Waals surface area contributed by atoms with Crippen LogP contribution in [0.5, 0.6) is 17.4 Å². The first-order valence-corrected chi connectivity index (χ1v) is 49.0. The fourth-order valence-corrected chi connectivity index (χ4v) is 21.3. The third-order valence-corrected chi connectivity index (χ3v) is 28.8. The van der Waals surface area contributed by atoms with Crippen molar-refractivity contribution in [2.45, 2.75) is 102 Å². The molecule has 36 heteroatoms. The quantitative estimate of drug-likeness (QED) is 0.0392. The topological polar surface area (TPSA) is 347 Å². The monoisotopic (exact) mass is 1990 g/mol. The van der Waals surface area contributed by atoms with Gasteiger partial charge >= 0.3 is 0 Å². The summed E-state index contributed by atoms with van der Waals surface area (Å²) >= 11 is 25.5. The second-order valence-corrected chi connectivity index (χ2v) is 37.4. The number of pyridine rings is 6. The van der Waals surface area contributed by atoms with Crippen molar-refractivity contribution in [3.8, 4) is 90.6 Å². The molecule has 0 atom stereocenters. The molecule has 6 aliphatic carbocycles. The molecule has 0 unspecified atom stereocenters. The van der Waals surface area contributed by atoms with E-state index in [9.17, 15) is 5.26 Å². The van der Waals surface area contributed by atoms with E-state index in [1.165, 1.54) is 35.2 Å². The molecule has 32 nitrogen and oxygen atoms in total. The highest BCUT2D eigenvalue weighted by Crippen LogP contribution is 2.52. The Morgan fingerprint density at radius 2 is 0.888 bits per heavy atom. The van der Waals surface area contributed by atoms with Crippen molar-refractivity contribution >= 4 is 156 Å². The van der Waals surface area contributed by atoms with Gasteiger partial charge in [-0.1, -0.05) is 82.9 Å². The molecular weight excluding hydrogens is 1890 g/mol. The van der Waals surface area contributed by atoms with Crippen LogP contribution >= 0.6 is 46.4 Å². The number of ether oxygens (including phenoxy) is 5. The van der Waals surface area contributed by atoms with Crippen molar-refractivity contribution < 1.29 is 23.7 Å². The van der Waals surface area contributed by atoms with Gasteiger partial charge in [-0.3, -0.25) is 53.0 Å². The van der Waals surface area contributed by atoms with Crippen LogP contribution < -0.4 is 46.1 Å². The summed E-state index contributed by atoms with van der Waals surface area (Å²) in [5, 5.41) is 63.9. The van der Waals surface area contributed by atoms with Gasteiger partial charge in [0, 0.05) is 311 Å². The predicted molar refractivity (Wildman–Crippen MR) is 571 cm³/mol. The Bertz CT molecular complexity index is 7940. The fraction of sp³-hybridized carbons (Fsp3) is 0.308. The van der Waals surface area contributed by atoms with E-state index in [0.717, 1.165) is 302 Å². The number of nitrogens with zero attached hydrogens (tertiary/aromatic N) is 20. The van der Waals surface area contributed by atoms with Crippen molar-refractivity contribution in [2.24, 2.45) is 28.2 Å². The number of benzene rings is 3. The van der Waals surface area contributed by atoms with E-state index in [0.29, 0.717) is 45.3 Å². The second kappa shape index (κ2) is 41.3. The number of allylic oxidation sites excluding steroid dienone is 6. The largest absolute Gasteiger partial charge is 0.497 e. The molecule has 1 saturated carbocycles. The van der Waals surface area contributed by atoms with E-state index in [1.807, 2.05) is 198 Å². The molecule has 15 heterocycles. The number of hydrogen-bond acceptors (Lipinski definition) is 24. The summed E-state index contributed by atoms with van der Waals surface area (Å²) in [7, 11) is 24.1. The zero-order chi connectivity index (χ0) is 99.9. The Morgan fingerprint density at radius 1 is 0.448 bits per heavy atom. The van der Waals surface area contributed by atoms with E-state index in [-0.39, 0.29) is 0 Å². The van der Waals surface area contributed by atoms with Crippen LogP contribution in [-0.2, 0) is 69.8 Å². The van der Waals surface area contributed by atoms with Crippen LogP contribution in [-0.4, -0.2) is 184 Å². The van der Waals surface area contributed by atoms with Crippen molar-refractivity contribution in [3.63, 3.8) is 0 Å². The smallest absolute Gasteiger partial charge is 0.240 e. The van der Waals surface area contributed by atoms with Crippen LogP contribution in [0.15, 0.2) is 147 Å². The summed E-state index contributed by atoms with van der Waals surface area (Å²) in [5.41, 5.74) is 36.1. The van der Waals surface area contributed by atoms with Crippen molar-refractivity contribution in [2.75, 3.05) is 122 Å². The minimum atomic E-state index is 0.347. The van der Waals surface area contributed by atoms with E-state index in [2.05, 4.69) is 125 Å². The molecule has 730 valence electrons. The first kappa shape index (κ1) is 96.9.